The molecule has 0 spiro atoms. The molecule has 1 aliphatic carbocycles. The molecule has 1 aromatic carbocycles. The Bertz CT molecular complexity index is 542. The lowest BCUT2D eigenvalue weighted by Crippen LogP contribution is -2.79. The first-order valence-corrected chi connectivity index (χ1v) is 8.45. The van der Waals surface area contributed by atoms with Crippen LogP contribution in [-0.2, 0) is 10.3 Å². The van der Waals surface area contributed by atoms with E-state index in [0.29, 0.717) is 6.04 Å². The van der Waals surface area contributed by atoms with Crippen LogP contribution in [0.4, 0.5) is 0 Å². The van der Waals surface area contributed by atoms with Crippen molar-refractivity contribution in [2.24, 2.45) is 10.8 Å². The number of rotatable bonds is 3. The molecule has 1 saturated heterocycles. The molecule has 2 fully saturated rings. The molecular weight excluding hydrogens is 290 g/mol. The van der Waals surface area contributed by atoms with Gasteiger partial charge in [0.2, 0.25) is 0 Å². The summed E-state index contributed by atoms with van der Waals surface area (Å²) < 4.78 is 10.7. The van der Waals surface area contributed by atoms with Crippen molar-refractivity contribution in [3.8, 4) is 5.75 Å². The van der Waals surface area contributed by atoms with Gasteiger partial charge in [-0.25, -0.2) is 0 Å². The van der Waals surface area contributed by atoms with Crippen molar-refractivity contribution in [1.29, 1.82) is 0 Å². The van der Waals surface area contributed by atoms with E-state index in [-0.39, 0.29) is 10.8 Å². The van der Waals surface area contributed by atoms with E-state index in [4.69, 9.17) is 9.47 Å². The van der Waals surface area contributed by atoms with Crippen LogP contribution in [0.5, 0.6) is 5.75 Å². The van der Waals surface area contributed by atoms with E-state index in [1.807, 2.05) is 24.3 Å². The van der Waals surface area contributed by atoms with Crippen LogP contribution < -0.4 is 4.74 Å². The van der Waals surface area contributed by atoms with Crippen LogP contribution >= 0.6 is 0 Å². The third-order valence-corrected chi connectivity index (χ3v) is 6.15. The van der Waals surface area contributed by atoms with Gasteiger partial charge in [0.1, 0.15) is 11.4 Å². The number of morpholine rings is 1. The number of hydrogen-bond acceptors (Lipinski definition) is 4. The van der Waals surface area contributed by atoms with Crippen LogP contribution in [0.1, 0.15) is 33.3 Å². The number of hydrogen-bond donors (Lipinski definition) is 1. The Labute approximate surface area is 139 Å². The van der Waals surface area contributed by atoms with Crippen molar-refractivity contribution in [2.75, 3.05) is 33.4 Å². The van der Waals surface area contributed by atoms with Crippen molar-refractivity contribution in [3.63, 3.8) is 0 Å². The van der Waals surface area contributed by atoms with Crippen LogP contribution in [0.3, 0.4) is 0 Å². The molecular formula is C19H29NO3. The monoisotopic (exact) mass is 319 g/mol. The number of methoxy groups -OCH3 is 1. The first-order valence-electron chi connectivity index (χ1n) is 8.45. The summed E-state index contributed by atoms with van der Waals surface area (Å²) in [6.07, 6.45) is 0. The average molecular weight is 319 g/mol. The Morgan fingerprint density at radius 3 is 2.04 bits per heavy atom. The summed E-state index contributed by atoms with van der Waals surface area (Å²) in [5, 5.41) is 11.7. The molecule has 1 N–H and O–H groups in total. The maximum atomic E-state index is 11.7. The molecule has 1 saturated carbocycles. The molecule has 1 aliphatic heterocycles. The normalized spacial score (nSPS) is 33.0. The zero-order valence-corrected chi connectivity index (χ0v) is 14.9. The van der Waals surface area contributed by atoms with Crippen molar-refractivity contribution in [1.82, 2.24) is 4.90 Å². The maximum Gasteiger partial charge on any atom is 0.118 e. The summed E-state index contributed by atoms with van der Waals surface area (Å²) in [5.41, 5.74) is -0.363. The highest BCUT2D eigenvalue weighted by molar-refractivity contribution is 5.39. The summed E-state index contributed by atoms with van der Waals surface area (Å²) in [6, 6.07) is 8.18. The van der Waals surface area contributed by atoms with Gasteiger partial charge in [0.25, 0.3) is 0 Å². The first-order chi connectivity index (χ1) is 10.8. The molecule has 3 rings (SSSR count). The third-order valence-electron chi connectivity index (χ3n) is 6.15. The predicted molar refractivity (Wildman–Crippen MR) is 90.6 cm³/mol. The van der Waals surface area contributed by atoms with E-state index in [1.165, 1.54) is 0 Å². The highest BCUT2D eigenvalue weighted by Crippen LogP contribution is 2.68. The molecule has 4 nitrogen and oxygen atoms in total. The molecule has 0 unspecified atom stereocenters. The van der Waals surface area contributed by atoms with Crippen molar-refractivity contribution >= 4 is 0 Å². The summed E-state index contributed by atoms with van der Waals surface area (Å²) in [4.78, 5) is 2.49. The molecule has 1 heterocycles. The molecule has 128 valence electrons. The number of benzene rings is 1. The minimum Gasteiger partial charge on any atom is -0.497 e. The van der Waals surface area contributed by atoms with E-state index in [9.17, 15) is 5.11 Å². The van der Waals surface area contributed by atoms with Gasteiger partial charge < -0.3 is 14.6 Å². The Morgan fingerprint density at radius 1 is 1.04 bits per heavy atom. The summed E-state index contributed by atoms with van der Waals surface area (Å²) in [5.74, 6) is 0.817. The fraction of sp³-hybridized carbons (Fsp3) is 0.684. The Kier molecular flexibility index (Phi) is 3.98. The maximum absolute atomic E-state index is 11.7. The number of nitrogens with zero attached hydrogens (tertiary/aromatic N) is 1. The topological polar surface area (TPSA) is 41.9 Å². The fourth-order valence-electron chi connectivity index (χ4n) is 5.38. The van der Waals surface area contributed by atoms with Crippen LogP contribution in [0.15, 0.2) is 24.3 Å². The fourth-order valence-corrected chi connectivity index (χ4v) is 5.38. The molecule has 0 radical (unpaired) electrons. The van der Waals surface area contributed by atoms with Gasteiger partial charge in [-0.15, -0.1) is 0 Å². The molecule has 2 aliphatic rings. The minimum atomic E-state index is -0.866. The van der Waals surface area contributed by atoms with Gasteiger partial charge in [-0.2, -0.15) is 0 Å². The lowest BCUT2D eigenvalue weighted by molar-refractivity contribution is -0.311. The Hall–Kier alpha value is -1.10. The lowest BCUT2D eigenvalue weighted by atomic mass is 9.39. The van der Waals surface area contributed by atoms with Gasteiger partial charge in [-0.1, -0.05) is 39.8 Å². The Balaban J connectivity index is 1.95. The van der Waals surface area contributed by atoms with E-state index in [1.54, 1.807) is 7.11 Å². The lowest BCUT2D eigenvalue weighted by Gasteiger charge is -2.72. The van der Waals surface area contributed by atoms with Crippen LogP contribution in [-0.4, -0.2) is 49.5 Å². The van der Waals surface area contributed by atoms with E-state index in [0.717, 1.165) is 37.6 Å². The van der Waals surface area contributed by atoms with E-state index >= 15 is 0 Å². The Morgan fingerprint density at radius 2 is 1.57 bits per heavy atom. The molecule has 0 aromatic heterocycles. The van der Waals surface area contributed by atoms with Gasteiger partial charge in [0.15, 0.2) is 0 Å². The second-order valence-corrected chi connectivity index (χ2v) is 7.93. The molecule has 0 bridgehead atoms. The van der Waals surface area contributed by atoms with Crippen molar-refractivity contribution < 1.29 is 14.6 Å². The number of aliphatic hydroxyl groups is 1. The van der Waals surface area contributed by atoms with Crippen LogP contribution in [0.2, 0.25) is 0 Å². The first kappa shape index (κ1) is 16.7. The molecule has 4 heteroatoms. The van der Waals surface area contributed by atoms with Crippen molar-refractivity contribution in [2.45, 2.75) is 39.3 Å². The summed E-state index contributed by atoms with van der Waals surface area (Å²) >= 11 is 0. The standard InChI is InChI=1S/C19H29NO3/c1-17(2)16(20-10-12-23-13-11-20)18(3,4)19(17,21)14-6-8-15(22-5)9-7-14/h6-9,16,21H,10-13H2,1-5H3. The largest absolute Gasteiger partial charge is 0.497 e. The summed E-state index contributed by atoms with van der Waals surface area (Å²) in [7, 11) is 1.66. The number of ether oxygens (including phenoxy) is 2. The predicted octanol–water partition coefficient (Wildman–Crippen LogP) is 2.65. The SMILES string of the molecule is COc1ccc(C2(O)C(C)(C)C(N3CCOCC3)C2(C)C)cc1. The quantitative estimate of drug-likeness (QED) is 0.930. The van der Waals surface area contributed by atoms with Gasteiger partial charge in [-0.3, -0.25) is 4.90 Å². The minimum absolute atomic E-state index is 0.234. The van der Waals surface area contributed by atoms with Gasteiger partial charge in [0, 0.05) is 30.0 Å². The van der Waals surface area contributed by atoms with Gasteiger partial charge >= 0.3 is 0 Å². The van der Waals surface area contributed by atoms with Crippen molar-refractivity contribution in [3.05, 3.63) is 29.8 Å². The second kappa shape index (κ2) is 5.47. The smallest absolute Gasteiger partial charge is 0.118 e. The van der Waals surface area contributed by atoms with Gasteiger partial charge in [0.05, 0.1) is 20.3 Å². The zero-order valence-electron chi connectivity index (χ0n) is 14.9. The molecule has 23 heavy (non-hydrogen) atoms. The zero-order chi connectivity index (χ0) is 16.9. The van der Waals surface area contributed by atoms with Crippen LogP contribution in [0.25, 0.3) is 0 Å². The van der Waals surface area contributed by atoms with Crippen LogP contribution in [0, 0.1) is 10.8 Å². The average Bonchev–Trinajstić information content (AvgIpc) is 2.54. The molecule has 0 atom stereocenters. The van der Waals surface area contributed by atoms with E-state index in [2.05, 4.69) is 32.6 Å². The summed E-state index contributed by atoms with van der Waals surface area (Å²) in [6.45, 7) is 12.2. The molecule has 0 amide bonds. The van der Waals surface area contributed by atoms with Gasteiger partial charge in [-0.05, 0) is 17.7 Å². The highest BCUT2D eigenvalue weighted by atomic mass is 16.5. The third kappa shape index (κ3) is 2.15. The highest BCUT2D eigenvalue weighted by Gasteiger charge is 2.73. The van der Waals surface area contributed by atoms with E-state index < -0.39 is 5.60 Å². The second-order valence-electron chi connectivity index (χ2n) is 7.93. The molecule has 1 aromatic rings.